The Hall–Kier alpha value is -3.87. The third-order valence-electron chi connectivity index (χ3n) is 4.72. The van der Waals surface area contributed by atoms with Crippen LogP contribution in [0.15, 0.2) is 35.3 Å². The number of halogens is 3. The summed E-state index contributed by atoms with van der Waals surface area (Å²) in [7, 11) is 0. The number of guanidine groups is 1. The summed E-state index contributed by atoms with van der Waals surface area (Å²) in [5, 5.41) is 22.2. The minimum atomic E-state index is -1.51. The molecular formula is C21H25F3N6O4. The van der Waals surface area contributed by atoms with Crippen molar-refractivity contribution in [2.45, 2.75) is 26.4 Å². The van der Waals surface area contributed by atoms with E-state index >= 15 is 0 Å². The number of likely N-dealkylation sites (tertiary alicyclic amines) is 1. The number of carbonyl (C=O) groups excluding carboxylic acids is 1. The zero-order valence-corrected chi connectivity index (χ0v) is 18.7. The highest BCUT2D eigenvalue weighted by molar-refractivity contribution is 6.01. The van der Waals surface area contributed by atoms with Crippen molar-refractivity contribution in [1.82, 2.24) is 10.3 Å². The standard InChI is InChI=1S/C19H19F3N6O4.C2H6/c1-10-2-5-14(13(21)6-10)25-16-11(3-4-12(20)15(16)22)17(29)27-8-19(30,9-27)7-24-18(23)26-28(31)32;1-2/h2-6,25,30H,7-9H2,1H3,(H3,23,24,26);1-2H3. The van der Waals surface area contributed by atoms with Gasteiger partial charge in [-0.15, -0.1) is 0 Å². The number of amides is 1. The number of aliphatic hydroxyl groups is 1. The summed E-state index contributed by atoms with van der Waals surface area (Å²) in [4.78, 5) is 27.9. The number of anilines is 2. The number of nitrogens with one attached hydrogen (secondary N) is 2. The fraction of sp³-hybridized carbons (Fsp3) is 0.333. The first kappa shape index (κ1) is 26.4. The smallest absolute Gasteiger partial charge is 0.256 e. The molecule has 1 aliphatic heterocycles. The highest BCUT2D eigenvalue weighted by Crippen LogP contribution is 2.31. The fourth-order valence-corrected chi connectivity index (χ4v) is 3.15. The lowest BCUT2D eigenvalue weighted by Crippen LogP contribution is -2.65. The molecular weight excluding hydrogens is 457 g/mol. The number of hydrazine groups is 1. The Balaban J connectivity index is 0.00000199. The molecule has 0 spiro atoms. The highest BCUT2D eigenvalue weighted by atomic mass is 19.2. The Kier molecular flexibility index (Phi) is 8.41. The number of hydrogen-bond donors (Lipinski definition) is 4. The molecule has 1 fully saturated rings. The Morgan fingerprint density at radius 2 is 1.88 bits per heavy atom. The molecule has 0 saturated carbocycles. The minimum Gasteiger partial charge on any atom is -0.384 e. The van der Waals surface area contributed by atoms with Gasteiger partial charge in [-0.05, 0) is 36.8 Å². The molecule has 10 nitrogen and oxygen atoms in total. The molecule has 0 atom stereocenters. The van der Waals surface area contributed by atoms with Crippen molar-refractivity contribution < 1.29 is 28.1 Å². The molecule has 184 valence electrons. The third-order valence-corrected chi connectivity index (χ3v) is 4.72. The van der Waals surface area contributed by atoms with Crippen LogP contribution in [0.1, 0.15) is 29.8 Å². The second-order valence-electron chi connectivity index (χ2n) is 7.35. The molecule has 3 rings (SSSR count). The lowest BCUT2D eigenvalue weighted by Gasteiger charge is -2.45. The molecule has 1 saturated heterocycles. The number of rotatable bonds is 6. The molecule has 0 aromatic heterocycles. The third kappa shape index (κ3) is 6.13. The topological polar surface area (TPSA) is 146 Å². The minimum absolute atomic E-state index is 0.155. The van der Waals surface area contributed by atoms with Crippen molar-refractivity contribution >= 4 is 23.2 Å². The molecule has 1 heterocycles. The summed E-state index contributed by atoms with van der Waals surface area (Å²) in [6.07, 6.45) is 0. The van der Waals surface area contributed by atoms with E-state index in [-0.39, 0.29) is 30.9 Å². The zero-order valence-electron chi connectivity index (χ0n) is 18.7. The Labute approximate surface area is 193 Å². The summed E-state index contributed by atoms with van der Waals surface area (Å²) in [6.45, 7) is 4.85. The molecule has 2 aromatic rings. The molecule has 34 heavy (non-hydrogen) atoms. The summed E-state index contributed by atoms with van der Waals surface area (Å²) >= 11 is 0. The fourth-order valence-electron chi connectivity index (χ4n) is 3.15. The molecule has 0 bridgehead atoms. The molecule has 13 heteroatoms. The van der Waals surface area contributed by atoms with Crippen LogP contribution >= 0.6 is 0 Å². The van der Waals surface area contributed by atoms with Crippen molar-refractivity contribution in [1.29, 1.82) is 0 Å². The predicted molar refractivity (Wildman–Crippen MR) is 120 cm³/mol. The van der Waals surface area contributed by atoms with Gasteiger partial charge in [0.2, 0.25) is 0 Å². The lowest BCUT2D eigenvalue weighted by atomic mass is 9.93. The summed E-state index contributed by atoms with van der Waals surface area (Å²) in [5.74, 6) is -4.59. The van der Waals surface area contributed by atoms with Gasteiger partial charge < -0.3 is 21.1 Å². The van der Waals surface area contributed by atoms with Crippen molar-refractivity contribution in [3.8, 4) is 0 Å². The first-order valence-electron chi connectivity index (χ1n) is 10.2. The first-order chi connectivity index (χ1) is 16.0. The van der Waals surface area contributed by atoms with Gasteiger partial charge >= 0.3 is 0 Å². The maximum absolute atomic E-state index is 14.5. The second-order valence-corrected chi connectivity index (χ2v) is 7.35. The number of β-amino-alcohol motifs (C(OH)–C–C–N with tert-alkyl or cyclic N) is 1. The van der Waals surface area contributed by atoms with E-state index in [0.29, 0.717) is 5.56 Å². The van der Waals surface area contributed by atoms with Gasteiger partial charge in [-0.25, -0.2) is 28.3 Å². The van der Waals surface area contributed by atoms with Crippen LogP contribution in [0.2, 0.25) is 0 Å². The SMILES string of the molecule is CC.Cc1ccc(Nc2c(C(=O)N3CC(O)(CN=C(N)N[N+](=O)[O-])C3)ccc(F)c2F)c(F)c1. The Bertz CT molecular complexity index is 1110. The maximum atomic E-state index is 14.5. The number of nitro groups is 1. The number of aliphatic imine (C=N–C) groups is 1. The molecule has 2 aromatic carbocycles. The molecule has 0 aliphatic carbocycles. The Morgan fingerprint density at radius 3 is 2.47 bits per heavy atom. The van der Waals surface area contributed by atoms with Crippen molar-refractivity contribution in [3.63, 3.8) is 0 Å². The van der Waals surface area contributed by atoms with E-state index in [9.17, 15) is 33.2 Å². The van der Waals surface area contributed by atoms with E-state index in [2.05, 4.69) is 10.3 Å². The summed E-state index contributed by atoms with van der Waals surface area (Å²) < 4.78 is 42.5. The summed E-state index contributed by atoms with van der Waals surface area (Å²) in [6, 6.07) is 5.88. The quantitative estimate of drug-likeness (QED) is 0.214. The van der Waals surface area contributed by atoms with Gasteiger partial charge in [0.25, 0.3) is 11.9 Å². The second kappa shape index (κ2) is 10.8. The van der Waals surface area contributed by atoms with E-state index < -0.39 is 45.6 Å². The number of nitrogens with zero attached hydrogens (tertiary/aromatic N) is 3. The lowest BCUT2D eigenvalue weighted by molar-refractivity contribution is -0.525. The van der Waals surface area contributed by atoms with E-state index in [1.54, 1.807) is 18.4 Å². The van der Waals surface area contributed by atoms with Crippen LogP contribution in [-0.2, 0) is 0 Å². The van der Waals surface area contributed by atoms with Crippen LogP contribution in [0.25, 0.3) is 0 Å². The van der Waals surface area contributed by atoms with Crippen LogP contribution in [0.4, 0.5) is 24.5 Å². The van der Waals surface area contributed by atoms with Crippen LogP contribution in [0, 0.1) is 34.5 Å². The van der Waals surface area contributed by atoms with Gasteiger partial charge in [-0.1, -0.05) is 25.3 Å². The van der Waals surface area contributed by atoms with E-state index in [1.807, 2.05) is 13.8 Å². The number of hydrogen-bond acceptors (Lipinski definition) is 6. The van der Waals surface area contributed by atoms with Gasteiger partial charge in [0, 0.05) is 0 Å². The number of carbonyl (C=O) groups is 1. The van der Waals surface area contributed by atoms with Crippen LogP contribution in [0.3, 0.4) is 0 Å². The average Bonchev–Trinajstić information content (AvgIpc) is 2.76. The molecule has 0 unspecified atom stereocenters. The van der Waals surface area contributed by atoms with Crippen molar-refractivity contribution in [3.05, 3.63) is 69.0 Å². The molecule has 0 radical (unpaired) electrons. The average molecular weight is 482 g/mol. The largest absolute Gasteiger partial charge is 0.384 e. The first-order valence-corrected chi connectivity index (χ1v) is 10.2. The molecule has 5 N–H and O–H groups in total. The number of aryl methyl sites for hydroxylation is 1. The van der Waals surface area contributed by atoms with Crippen molar-refractivity contribution in [2.75, 3.05) is 25.0 Å². The van der Waals surface area contributed by atoms with Gasteiger partial charge in [-0.2, -0.15) is 0 Å². The predicted octanol–water partition coefficient (Wildman–Crippen LogP) is 2.47. The van der Waals surface area contributed by atoms with Crippen LogP contribution in [-0.4, -0.2) is 52.1 Å². The number of benzene rings is 2. The van der Waals surface area contributed by atoms with Crippen LogP contribution in [0.5, 0.6) is 0 Å². The van der Waals surface area contributed by atoms with Crippen LogP contribution < -0.4 is 16.5 Å². The van der Waals surface area contributed by atoms with Crippen molar-refractivity contribution in [2.24, 2.45) is 10.7 Å². The van der Waals surface area contributed by atoms with Gasteiger partial charge in [0.05, 0.1) is 36.6 Å². The van der Waals surface area contributed by atoms with E-state index in [0.717, 1.165) is 17.0 Å². The molecule has 1 amide bonds. The monoisotopic (exact) mass is 482 g/mol. The van der Waals surface area contributed by atoms with Gasteiger partial charge in [-0.3, -0.25) is 4.79 Å². The van der Waals surface area contributed by atoms with E-state index in [1.165, 1.54) is 12.1 Å². The summed E-state index contributed by atoms with van der Waals surface area (Å²) in [5.41, 5.74) is 5.02. The Morgan fingerprint density at radius 1 is 1.24 bits per heavy atom. The zero-order chi connectivity index (χ0) is 25.6. The van der Waals surface area contributed by atoms with Gasteiger partial charge in [0.1, 0.15) is 11.4 Å². The molecule has 1 aliphatic rings. The van der Waals surface area contributed by atoms with Gasteiger partial charge in [0.15, 0.2) is 16.7 Å². The normalized spacial score (nSPS) is 14.4. The number of nitrogens with two attached hydrogens (primary N) is 1. The maximum Gasteiger partial charge on any atom is 0.256 e. The highest BCUT2D eigenvalue weighted by Gasteiger charge is 2.44. The van der Waals surface area contributed by atoms with E-state index in [4.69, 9.17) is 5.73 Å².